The zero-order valence-corrected chi connectivity index (χ0v) is 11.0. The van der Waals surface area contributed by atoms with Crippen LogP contribution in [0.4, 0.5) is 19.3 Å². The summed E-state index contributed by atoms with van der Waals surface area (Å²) in [7, 11) is 0. The average molecular weight is 282 g/mol. The lowest BCUT2D eigenvalue weighted by Crippen LogP contribution is -2.37. The SMILES string of the molecule is C#CC[C@H](CC)NC(=O)Nc1ccccc1OC(F)F. The molecule has 1 rings (SSSR count). The van der Waals surface area contributed by atoms with Crippen LogP contribution in [0.25, 0.3) is 0 Å². The minimum atomic E-state index is -2.95. The van der Waals surface area contributed by atoms with Crippen molar-refractivity contribution in [3.05, 3.63) is 24.3 Å². The first-order valence-corrected chi connectivity index (χ1v) is 6.11. The number of alkyl halides is 2. The molecule has 20 heavy (non-hydrogen) atoms. The molecule has 2 amide bonds. The van der Waals surface area contributed by atoms with Crippen molar-refractivity contribution < 1.29 is 18.3 Å². The Hall–Kier alpha value is -2.29. The largest absolute Gasteiger partial charge is 0.433 e. The third kappa shape index (κ3) is 5.14. The van der Waals surface area contributed by atoms with Gasteiger partial charge in [-0.25, -0.2) is 4.79 Å². The van der Waals surface area contributed by atoms with Gasteiger partial charge in [-0.05, 0) is 18.6 Å². The maximum Gasteiger partial charge on any atom is 0.387 e. The van der Waals surface area contributed by atoms with Crippen LogP contribution in [0.3, 0.4) is 0 Å². The first-order chi connectivity index (χ1) is 9.56. The predicted octanol–water partition coefficient (Wildman–Crippen LogP) is 3.21. The van der Waals surface area contributed by atoms with E-state index in [0.29, 0.717) is 12.8 Å². The summed E-state index contributed by atoms with van der Waals surface area (Å²) in [5, 5.41) is 5.12. The van der Waals surface area contributed by atoms with Crippen molar-refractivity contribution in [2.75, 3.05) is 5.32 Å². The highest BCUT2D eigenvalue weighted by Gasteiger charge is 2.13. The van der Waals surface area contributed by atoms with Gasteiger partial charge in [-0.15, -0.1) is 12.3 Å². The number of amides is 2. The van der Waals surface area contributed by atoms with E-state index in [2.05, 4.69) is 21.3 Å². The summed E-state index contributed by atoms with van der Waals surface area (Å²) in [6.45, 7) is -1.07. The van der Waals surface area contributed by atoms with Gasteiger partial charge in [-0.2, -0.15) is 8.78 Å². The van der Waals surface area contributed by atoms with Gasteiger partial charge in [0.15, 0.2) is 0 Å². The van der Waals surface area contributed by atoms with Gasteiger partial charge >= 0.3 is 12.6 Å². The first-order valence-electron chi connectivity index (χ1n) is 6.11. The zero-order valence-electron chi connectivity index (χ0n) is 11.0. The average Bonchev–Trinajstić information content (AvgIpc) is 2.40. The van der Waals surface area contributed by atoms with E-state index in [0.717, 1.165) is 0 Å². The van der Waals surface area contributed by atoms with Crippen LogP contribution in [-0.4, -0.2) is 18.7 Å². The minimum absolute atomic E-state index is 0.0948. The number of carbonyl (C=O) groups is 1. The molecule has 4 nitrogen and oxygen atoms in total. The van der Waals surface area contributed by atoms with Gasteiger partial charge in [-0.1, -0.05) is 19.1 Å². The highest BCUT2D eigenvalue weighted by Crippen LogP contribution is 2.25. The summed E-state index contributed by atoms with van der Waals surface area (Å²) in [6.07, 6.45) is 6.26. The third-order valence-corrected chi connectivity index (χ3v) is 2.54. The summed E-state index contributed by atoms with van der Waals surface area (Å²) in [4.78, 5) is 11.8. The van der Waals surface area contributed by atoms with Crippen LogP contribution < -0.4 is 15.4 Å². The molecule has 0 fully saturated rings. The number of terminal acetylenes is 1. The van der Waals surface area contributed by atoms with Crippen molar-refractivity contribution in [1.82, 2.24) is 5.32 Å². The van der Waals surface area contributed by atoms with Crippen molar-refractivity contribution in [1.29, 1.82) is 0 Å². The van der Waals surface area contributed by atoms with E-state index < -0.39 is 12.6 Å². The Morgan fingerprint density at radius 2 is 2.15 bits per heavy atom. The Balaban J connectivity index is 2.68. The summed E-state index contributed by atoms with van der Waals surface area (Å²) in [5.74, 6) is 2.36. The fourth-order valence-corrected chi connectivity index (χ4v) is 1.55. The molecule has 1 aromatic carbocycles. The molecule has 0 bridgehead atoms. The molecule has 2 N–H and O–H groups in total. The number of anilines is 1. The Morgan fingerprint density at radius 3 is 2.75 bits per heavy atom. The molecule has 0 unspecified atom stereocenters. The van der Waals surface area contributed by atoms with Crippen LogP contribution >= 0.6 is 0 Å². The third-order valence-electron chi connectivity index (χ3n) is 2.54. The lowest BCUT2D eigenvalue weighted by molar-refractivity contribution is -0.0493. The smallest absolute Gasteiger partial charge is 0.387 e. The van der Waals surface area contributed by atoms with E-state index in [9.17, 15) is 13.6 Å². The number of carbonyl (C=O) groups excluding carboxylic acids is 1. The molecule has 0 aliphatic rings. The van der Waals surface area contributed by atoms with Crippen molar-refractivity contribution in [2.24, 2.45) is 0 Å². The van der Waals surface area contributed by atoms with Gasteiger partial charge < -0.3 is 15.4 Å². The van der Waals surface area contributed by atoms with Crippen LogP contribution in [0.1, 0.15) is 19.8 Å². The standard InChI is InChI=1S/C14H16F2N2O2/c1-3-7-10(4-2)17-14(19)18-11-8-5-6-9-12(11)20-13(15)16/h1,5-6,8-10,13H,4,7H2,2H3,(H2,17,18,19)/t10-/m0/s1. The monoisotopic (exact) mass is 282 g/mol. The number of benzene rings is 1. The van der Waals surface area contributed by atoms with Crippen molar-refractivity contribution in [2.45, 2.75) is 32.4 Å². The second-order valence-corrected chi connectivity index (χ2v) is 3.99. The molecular weight excluding hydrogens is 266 g/mol. The molecular formula is C14H16F2N2O2. The molecule has 0 radical (unpaired) electrons. The maximum absolute atomic E-state index is 12.2. The second kappa shape index (κ2) is 8.00. The van der Waals surface area contributed by atoms with Crippen molar-refractivity contribution in [3.8, 4) is 18.1 Å². The van der Waals surface area contributed by atoms with E-state index >= 15 is 0 Å². The molecule has 0 spiro atoms. The fourth-order valence-electron chi connectivity index (χ4n) is 1.55. The molecule has 0 heterocycles. The van der Waals surface area contributed by atoms with Gasteiger partial charge in [0.25, 0.3) is 0 Å². The normalized spacial score (nSPS) is 11.6. The lowest BCUT2D eigenvalue weighted by Gasteiger charge is -2.16. The fraction of sp³-hybridized carbons (Fsp3) is 0.357. The highest BCUT2D eigenvalue weighted by atomic mass is 19.3. The minimum Gasteiger partial charge on any atom is -0.433 e. The summed E-state index contributed by atoms with van der Waals surface area (Å²) in [5.41, 5.74) is 0.167. The summed E-state index contributed by atoms with van der Waals surface area (Å²) >= 11 is 0. The van der Waals surface area contributed by atoms with Crippen LogP contribution in [-0.2, 0) is 0 Å². The van der Waals surface area contributed by atoms with Gasteiger partial charge in [0, 0.05) is 12.5 Å². The zero-order chi connectivity index (χ0) is 15.0. The number of rotatable bonds is 6. The number of hydrogen-bond acceptors (Lipinski definition) is 2. The van der Waals surface area contributed by atoms with Crippen LogP contribution in [0.15, 0.2) is 24.3 Å². The Morgan fingerprint density at radius 1 is 1.45 bits per heavy atom. The summed E-state index contributed by atoms with van der Waals surface area (Å²) in [6, 6.07) is 5.28. The molecule has 108 valence electrons. The van der Waals surface area contributed by atoms with Crippen molar-refractivity contribution in [3.63, 3.8) is 0 Å². The summed E-state index contributed by atoms with van der Waals surface area (Å²) < 4.78 is 28.8. The molecule has 0 aliphatic heterocycles. The van der Waals surface area contributed by atoms with Crippen LogP contribution in [0.2, 0.25) is 0 Å². The van der Waals surface area contributed by atoms with Crippen LogP contribution in [0.5, 0.6) is 5.75 Å². The highest BCUT2D eigenvalue weighted by molar-refractivity contribution is 5.91. The Bertz CT molecular complexity index is 486. The number of urea groups is 1. The molecule has 1 atom stereocenters. The van der Waals surface area contributed by atoms with E-state index in [4.69, 9.17) is 6.42 Å². The molecule has 6 heteroatoms. The van der Waals surface area contributed by atoms with E-state index in [1.807, 2.05) is 6.92 Å². The predicted molar refractivity (Wildman–Crippen MR) is 72.8 cm³/mol. The number of hydrogen-bond donors (Lipinski definition) is 2. The Labute approximate surface area is 116 Å². The number of ether oxygens (including phenoxy) is 1. The Kier molecular flexibility index (Phi) is 6.30. The number of nitrogens with one attached hydrogen (secondary N) is 2. The second-order valence-electron chi connectivity index (χ2n) is 3.99. The van der Waals surface area contributed by atoms with E-state index in [1.54, 1.807) is 6.07 Å². The van der Waals surface area contributed by atoms with Gasteiger partial charge in [0.2, 0.25) is 0 Å². The van der Waals surface area contributed by atoms with Crippen LogP contribution in [0, 0.1) is 12.3 Å². The van der Waals surface area contributed by atoms with E-state index in [1.165, 1.54) is 18.2 Å². The molecule has 0 aromatic heterocycles. The maximum atomic E-state index is 12.2. The molecule has 0 saturated carbocycles. The number of para-hydroxylation sites is 2. The topological polar surface area (TPSA) is 50.4 Å². The number of halogens is 2. The quantitative estimate of drug-likeness (QED) is 0.787. The first kappa shape index (κ1) is 15.8. The molecule has 0 saturated heterocycles. The van der Waals surface area contributed by atoms with E-state index in [-0.39, 0.29) is 17.5 Å². The molecule has 0 aliphatic carbocycles. The van der Waals surface area contributed by atoms with Gasteiger partial charge in [-0.3, -0.25) is 0 Å². The lowest BCUT2D eigenvalue weighted by atomic mass is 10.1. The van der Waals surface area contributed by atoms with Gasteiger partial charge in [0.1, 0.15) is 5.75 Å². The molecule has 1 aromatic rings. The van der Waals surface area contributed by atoms with Crippen molar-refractivity contribution >= 4 is 11.7 Å². The van der Waals surface area contributed by atoms with Gasteiger partial charge in [0.05, 0.1) is 5.69 Å².